The molecule has 5 rings (SSSR count). The molecule has 11 nitrogen and oxygen atoms in total. The van der Waals surface area contributed by atoms with Crippen molar-refractivity contribution in [1.29, 1.82) is 0 Å². The molecule has 3 heterocycles. The molecule has 40 heavy (non-hydrogen) atoms. The zero-order valence-electron chi connectivity index (χ0n) is 21.5. The van der Waals surface area contributed by atoms with Crippen molar-refractivity contribution >= 4 is 29.0 Å². The molecule has 1 unspecified atom stereocenters. The number of hydrazone groups is 1. The highest BCUT2D eigenvalue weighted by atomic mass is 35.5. The molecule has 0 bridgehead atoms. The fourth-order valence-electron chi connectivity index (χ4n) is 3.90. The van der Waals surface area contributed by atoms with Gasteiger partial charge in [0.2, 0.25) is 5.82 Å². The van der Waals surface area contributed by atoms with E-state index in [4.69, 9.17) is 11.6 Å². The average Bonchev–Trinajstić information content (AvgIpc) is 3.66. The van der Waals surface area contributed by atoms with Gasteiger partial charge in [0, 0.05) is 16.8 Å². The predicted octanol–water partition coefficient (Wildman–Crippen LogP) is 5.28. The van der Waals surface area contributed by atoms with Crippen LogP contribution in [0.15, 0.2) is 72.1 Å². The first kappa shape index (κ1) is 27.3. The van der Waals surface area contributed by atoms with Gasteiger partial charge in [-0.2, -0.15) is 24.9 Å². The van der Waals surface area contributed by atoms with Crippen molar-refractivity contribution in [2.24, 2.45) is 5.10 Å². The number of nitrogens with zero attached hydrogens (tertiary/aromatic N) is 9. The highest BCUT2D eigenvalue weighted by Gasteiger charge is 2.41. The number of halogens is 4. The van der Waals surface area contributed by atoms with E-state index in [1.165, 1.54) is 35.3 Å². The first-order chi connectivity index (χ1) is 18.9. The van der Waals surface area contributed by atoms with E-state index in [1.54, 1.807) is 41.2 Å². The van der Waals surface area contributed by atoms with Crippen molar-refractivity contribution in [2.45, 2.75) is 38.7 Å². The maximum atomic E-state index is 13.4. The largest absolute Gasteiger partial charge is 0.544 e. The Bertz CT molecular complexity index is 1530. The van der Waals surface area contributed by atoms with Crippen LogP contribution < -0.4 is 5.06 Å². The van der Waals surface area contributed by atoms with Gasteiger partial charge in [-0.15, -0.1) is 23.4 Å². The number of carbonyl (C=O) groups is 1. The number of anilines is 1. The molecule has 15 heteroatoms. The molecule has 2 aromatic heterocycles. The Morgan fingerprint density at radius 2 is 1.75 bits per heavy atom. The Hall–Kier alpha value is -4.30. The summed E-state index contributed by atoms with van der Waals surface area (Å²) in [7, 11) is 0. The number of para-hydroxylation sites is 1. The van der Waals surface area contributed by atoms with Gasteiger partial charge < -0.3 is 0 Å². The SMILES string of the molecule is CC(C)(C)n1nnc(-c2cnn(C3CN(C(=O)N(OC(F)(F)F)c4ccccc4)N=C3c3ccc(Cl)cc3)c2)n1. The van der Waals surface area contributed by atoms with Crippen molar-refractivity contribution in [3.63, 3.8) is 0 Å². The Morgan fingerprint density at radius 3 is 2.38 bits per heavy atom. The van der Waals surface area contributed by atoms with Crippen molar-refractivity contribution in [3.05, 3.63) is 77.6 Å². The topological polar surface area (TPSA) is 107 Å². The van der Waals surface area contributed by atoms with E-state index in [-0.39, 0.29) is 22.8 Å². The molecule has 1 atom stereocenters. The molecule has 4 aromatic rings. The lowest BCUT2D eigenvalue weighted by Crippen LogP contribution is -2.43. The first-order valence-corrected chi connectivity index (χ1v) is 12.4. The summed E-state index contributed by atoms with van der Waals surface area (Å²) >= 11 is 6.05. The summed E-state index contributed by atoms with van der Waals surface area (Å²) in [6.45, 7) is 5.66. The van der Waals surface area contributed by atoms with Gasteiger partial charge in [0.05, 0.1) is 35.2 Å². The third-order valence-electron chi connectivity index (χ3n) is 5.80. The van der Waals surface area contributed by atoms with Crippen LogP contribution in [0.4, 0.5) is 23.7 Å². The third-order valence-corrected chi connectivity index (χ3v) is 6.05. The fourth-order valence-corrected chi connectivity index (χ4v) is 4.03. The molecule has 0 radical (unpaired) electrons. The van der Waals surface area contributed by atoms with Crippen LogP contribution in [0.1, 0.15) is 32.4 Å². The van der Waals surface area contributed by atoms with Gasteiger partial charge >= 0.3 is 12.4 Å². The molecule has 0 spiro atoms. The van der Waals surface area contributed by atoms with Crippen molar-refractivity contribution in [3.8, 4) is 11.4 Å². The van der Waals surface area contributed by atoms with E-state index >= 15 is 0 Å². The number of rotatable bonds is 5. The first-order valence-electron chi connectivity index (χ1n) is 12.0. The normalized spacial score (nSPS) is 15.8. The number of benzene rings is 2. The van der Waals surface area contributed by atoms with Crippen LogP contribution in [-0.4, -0.2) is 59.6 Å². The minimum Gasteiger partial charge on any atom is -0.261 e. The number of hydrogen-bond donors (Lipinski definition) is 0. The van der Waals surface area contributed by atoms with E-state index < -0.39 is 18.4 Å². The molecule has 208 valence electrons. The lowest BCUT2D eigenvalue weighted by Gasteiger charge is -2.25. The van der Waals surface area contributed by atoms with E-state index in [0.717, 1.165) is 5.01 Å². The molecule has 0 saturated heterocycles. The lowest BCUT2D eigenvalue weighted by molar-refractivity contribution is -0.325. The third kappa shape index (κ3) is 5.82. The molecule has 0 saturated carbocycles. The van der Waals surface area contributed by atoms with Gasteiger partial charge in [0.1, 0.15) is 6.04 Å². The number of aromatic nitrogens is 6. The highest BCUT2D eigenvalue weighted by Crippen LogP contribution is 2.30. The Balaban J connectivity index is 1.49. The number of hydroxylamine groups is 1. The average molecular weight is 574 g/mol. The van der Waals surface area contributed by atoms with Gasteiger partial charge in [-0.05, 0) is 50.3 Å². The summed E-state index contributed by atoms with van der Waals surface area (Å²) in [6.07, 6.45) is -1.92. The maximum absolute atomic E-state index is 13.4. The van der Waals surface area contributed by atoms with E-state index in [2.05, 4.69) is 30.4 Å². The van der Waals surface area contributed by atoms with E-state index in [9.17, 15) is 18.0 Å². The number of hydrogen-bond acceptors (Lipinski definition) is 7. The van der Waals surface area contributed by atoms with Gasteiger partial charge in [-0.3, -0.25) is 4.68 Å². The van der Waals surface area contributed by atoms with Crippen molar-refractivity contribution in [2.75, 3.05) is 11.6 Å². The Morgan fingerprint density at radius 1 is 1.05 bits per heavy atom. The molecule has 1 aliphatic heterocycles. The Labute approximate surface area is 231 Å². The van der Waals surface area contributed by atoms with Crippen LogP contribution in [-0.2, 0) is 10.4 Å². The second-order valence-corrected chi connectivity index (χ2v) is 10.3. The van der Waals surface area contributed by atoms with Crippen molar-refractivity contribution in [1.82, 2.24) is 35.0 Å². The molecule has 0 aliphatic carbocycles. The molecular formula is C25H23ClF3N9O2. The number of urea groups is 1. The lowest BCUT2D eigenvalue weighted by atomic mass is 10.0. The molecule has 0 fully saturated rings. The zero-order valence-corrected chi connectivity index (χ0v) is 22.2. The minimum atomic E-state index is -5.12. The minimum absolute atomic E-state index is 0.120. The number of carbonyl (C=O) groups excluding carboxylic acids is 1. The second kappa shape index (κ2) is 10.4. The van der Waals surface area contributed by atoms with Crippen LogP contribution >= 0.6 is 11.6 Å². The van der Waals surface area contributed by atoms with Crippen LogP contribution in [0, 0.1) is 0 Å². The number of tetrazole rings is 1. The summed E-state index contributed by atoms with van der Waals surface area (Å²) < 4.78 is 41.4. The molecule has 1 aliphatic rings. The Kier molecular flexibility index (Phi) is 7.06. The van der Waals surface area contributed by atoms with E-state index in [1.807, 2.05) is 20.8 Å². The van der Waals surface area contributed by atoms with Gasteiger partial charge in [-0.25, -0.2) is 9.80 Å². The van der Waals surface area contributed by atoms with Crippen LogP contribution in [0.5, 0.6) is 0 Å². The summed E-state index contributed by atoms with van der Waals surface area (Å²) in [5.74, 6) is 0.339. The molecule has 0 N–H and O–H groups in total. The summed E-state index contributed by atoms with van der Waals surface area (Å²) in [5, 5.41) is 23.0. The molecule has 2 amide bonds. The van der Waals surface area contributed by atoms with Gasteiger partial charge in [0.25, 0.3) is 0 Å². The summed E-state index contributed by atoms with van der Waals surface area (Å²) in [4.78, 5) is 19.0. The molecular weight excluding hydrogens is 551 g/mol. The van der Waals surface area contributed by atoms with Crippen LogP contribution in [0.3, 0.4) is 0 Å². The summed E-state index contributed by atoms with van der Waals surface area (Å²) in [6, 6.07) is 12.1. The van der Waals surface area contributed by atoms with Crippen LogP contribution in [0.25, 0.3) is 11.4 Å². The van der Waals surface area contributed by atoms with Crippen molar-refractivity contribution < 1.29 is 22.8 Å². The number of alkyl halides is 3. The zero-order chi connectivity index (χ0) is 28.7. The standard InChI is InChI=1S/C25H23ClF3N9O2/c1-24(2,3)38-33-22(31-34-38)17-13-30-35(14-17)20-15-36(32-21(20)16-9-11-18(26)12-10-16)23(39)37(40-25(27,28)29)19-7-5-4-6-8-19/h4-14,20H,15H2,1-3H3. The van der Waals surface area contributed by atoms with Gasteiger partial charge in [-0.1, -0.05) is 41.9 Å². The van der Waals surface area contributed by atoms with Crippen LogP contribution in [0.2, 0.25) is 5.02 Å². The van der Waals surface area contributed by atoms with E-state index in [0.29, 0.717) is 27.7 Å². The second-order valence-electron chi connectivity index (χ2n) is 9.82. The smallest absolute Gasteiger partial charge is 0.261 e. The summed E-state index contributed by atoms with van der Waals surface area (Å²) in [5.41, 5.74) is 1.03. The van der Waals surface area contributed by atoms with Gasteiger partial charge in [0.15, 0.2) is 0 Å². The highest BCUT2D eigenvalue weighted by molar-refractivity contribution is 6.30. The number of amides is 2. The molecule has 2 aromatic carbocycles. The maximum Gasteiger partial charge on any atom is 0.544 e. The fraction of sp³-hybridized carbons (Fsp3) is 0.280. The monoisotopic (exact) mass is 573 g/mol. The predicted molar refractivity (Wildman–Crippen MR) is 139 cm³/mol. The quantitative estimate of drug-likeness (QED) is 0.301.